The number of ether oxygens (including phenoxy) is 2. The van der Waals surface area contributed by atoms with Crippen molar-refractivity contribution in [1.29, 1.82) is 0 Å². The monoisotopic (exact) mass is 521 g/mol. The van der Waals surface area contributed by atoms with Crippen LogP contribution in [0.15, 0.2) is 66.4 Å². The van der Waals surface area contributed by atoms with Gasteiger partial charge in [-0.2, -0.15) is 0 Å². The Morgan fingerprint density at radius 1 is 1.14 bits per heavy atom. The molecule has 0 bridgehead atoms. The van der Waals surface area contributed by atoms with Crippen molar-refractivity contribution in [3.05, 3.63) is 82.6 Å². The fraction of sp³-hybridized carbons (Fsp3) is 0.154. The SMILES string of the molecule is CCOc1ccc2nc(N3C(=O)C(=O)/C(=C(/O)c4cc(OC)ccc4Cl)C3c3ccccn3)sc2c1. The molecule has 0 radical (unpaired) electrons. The number of hydrogen-bond acceptors (Lipinski definition) is 8. The number of hydrogen-bond donors (Lipinski definition) is 1. The van der Waals surface area contributed by atoms with Crippen LogP contribution in [-0.2, 0) is 9.59 Å². The van der Waals surface area contributed by atoms with Crippen LogP contribution in [0.2, 0.25) is 5.02 Å². The maximum Gasteiger partial charge on any atom is 0.301 e. The second-order valence-electron chi connectivity index (χ2n) is 7.83. The molecule has 10 heteroatoms. The number of halogens is 1. The molecule has 1 atom stereocenters. The first kappa shape index (κ1) is 23.8. The summed E-state index contributed by atoms with van der Waals surface area (Å²) in [5.74, 6) is -1.00. The molecule has 182 valence electrons. The topological polar surface area (TPSA) is 102 Å². The number of Topliss-reactive ketones (excluding diaryl/α,β-unsaturated/α-hetero) is 1. The van der Waals surface area contributed by atoms with Crippen LogP contribution >= 0.6 is 22.9 Å². The number of methoxy groups -OCH3 is 1. The zero-order chi connectivity index (χ0) is 25.4. The lowest BCUT2D eigenvalue weighted by Crippen LogP contribution is -2.29. The molecule has 5 rings (SSSR count). The molecule has 2 aromatic carbocycles. The largest absolute Gasteiger partial charge is 0.507 e. The lowest BCUT2D eigenvalue weighted by Gasteiger charge is -2.22. The van der Waals surface area contributed by atoms with E-state index in [0.717, 1.165) is 4.70 Å². The number of anilines is 1. The fourth-order valence-corrected chi connectivity index (χ4v) is 5.29. The van der Waals surface area contributed by atoms with Crippen molar-refractivity contribution in [3.8, 4) is 11.5 Å². The molecule has 2 aromatic heterocycles. The van der Waals surface area contributed by atoms with Crippen molar-refractivity contribution in [2.24, 2.45) is 0 Å². The highest BCUT2D eigenvalue weighted by molar-refractivity contribution is 7.22. The van der Waals surface area contributed by atoms with Crippen LogP contribution in [-0.4, -0.2) is 40.5 Å². The lowest BCUT2D eigenvalue weighted by molar-refractivity contribution is -0.132. The van der Waals surface area contributed by atoms with Crippen LogP contribution < -0.4 is 14.4 Å². The molecule has 1 amide bonds. The van der Waals surface area contributed by atoms with Crippen molar-refractivity contribution in [1.82, 2.24) is 9.97 Å². The molecule has 0 aliphatic carbocycles. The molecule has 1 fully saturated rings. The highest BCUT2D eigenvalue weighted by Crippen LogP contribution is 2.45. The first-order chi connectivity index (χ1) is 17.4. The average Bonchev–Trinajstić information content (AvgIpc) is 3.42. The van der Waals surface area contributed by atoms with Crippen LogP contribution in [0.25, 0.3) is 16.0 Å². The number of fused-ring (bicyclic) bond motifs is 1. The maximum atomic E-state index is 13.4. The van der Waals surface area contributed by atoms with E-state index < -0.39 is 23.5 Å². The summed E-state index contributed by atoms with van der Waals surface area (Å²) in [6, 6.07) is 14.2. The van der Waals surface area contributed by atoms with Crippen LogP contribution in [0.4, 0.5) is 5.13 Å². The number of rotatable bonds is 6. The summed E-state index contributed by atoms with van der Waals surface area (Å²) in [6.07, 6.45) is 1.56. The number of aliphatic hydroxyl groups is 1. The molecule has 0 saturated carbocycles. The van der Waals surface area contributed by atoms with Gasteiger partial charge in [0.2, 0.25) is 0 Å². The van der Waals surface area contributed by atoms with Gasteiger partial charge < -0.3 is 14.6 Å². The number of carbonyl (C=O) groups is 2. The first-order valence-electron chi connectivity index (χ1n) is 11.0. The van der Waals surface area contributed by atoms with E-state index in [4.69, 9.17) is 21.1 Å². The van der Waals surface area contributed by atoms with Crippen molar-refractivity contribution in [2.75, 3.05) is 18.6 Å². The zero-order valence-electron chi connectivity index (χ0n) is 19.3. The van der Waals surface area contributed by atoms with Gasteiger partial charge in [-0.1, -0.05) is 29.0 Å². The fourth-order valence-electron chi connectivity index (χ4n) is 4.06. The normalized spacial score (nSPS) is 17.1. The van der Waals surface area contributed by atoms with E-state index in [1.54, 1.807) is 48.7 Å². The molecule has 4 aromatic rings. The third-order valence-corrected chi connectivity index (χ3v) is 7.05. The van der Waals surface area contributed by atoms with Gasteiger partial charge in [0, 0.05) is 11.8 Å². The highest BCUT2D eigenvalue weighted by atomic mass is 35.5. The van der Waals surface area contributed by atoms with Crippen LogP contribution in [0.3, 0.4) is 0 Å². The summed E-state index contributed by atoms with van der Waals surface area (Å²) in [4.78, 5) is 37.0. The molecule has 1 aliphatic heterocycles. The third-order valence-electron chi connectivity index (χ3n) is 5.71. The molecule has 1 saturated heterocycles. The van der Waals surface area contributed by atoms with Gasteiger partial charge in [-0.15, -0.1) is 0 Å². The highest BCUT2D eigenvalue weighted by Gasteiger charge is 2.49. The second kappa shape index (κ2) is 9.60. The van der Waals surface area contributed by atoms with Gasteiger partial charge in [-0.3, -0.25) is 19.5 Å². The Balaban J connectivity index is 1.70. The predicted molar refractivity (Wildman–Crippen MR) is 138 cm³/mol. The number of amides is 1. The van der Waals surface area contributed by atoms with Gasteiger partial charge in [0.15, 0.2) is 5.13 Å². The van der Waals surface area contributed by atoms with Crippen molar-refractivity contribution in [3.63, 3.8) is 0 Å². The molecular formula is C26H20ClN3O5S. The Labute approximate surface area is 215 Å². The quantitative estimate of drug-likeness (QED) is 0.206. The summed E-state index contributed by atoms with van der Waals surface area (Å²) in [5.41, 5.74) is 1.08. The smallest absolute Gasteiger partial charge is 0.301 e. The van der Waals surface area contributed by atoms with Crippen molar-refractivity contribution >= 4 is 55.7 Å². The Morgan fingerprint density at radius 2 is 1.94 bits per heavy atom. The van der Waals surface area contributed by atoms with E-state index in [0.29, 0.717) is 34.4 Å². The van der Waals surface area contributed by atoms with Crippen molar-refractivity contribution in [2.45, 2.75) is 13.0 Å². The molecule has 1 aliphatic rings. The number of aromatic nitrogens is 2. The van der Waals surface area contributed by atoms with Crippen LogP contribution in [0.5, 0.6) is 11.5 Å². The minimum atomic E-state index is -1.01. The minimum absolute atomic E-state index is 0.136. The van der Waals surface area contributed by atoms with E-state index >= 15 is 0 Å². The molecule has 1 unspecified atom stereocenters. The predicted octanol–water partition coefficient (Wildman–Crippen LogP) is 5.38. The molecule has 1 N–H and O–H groups in total. The molecule has 0 spiro atoms. The Hall–Kier alpha value is -3.95. The van der Waals surface area contributed by atoms with Crippen LogP contribution in [0.1, 0.15) is 24.2 Å². The number of benzene rings is 2. The molecule has 3 heterocycles. The lowest BCUT2D eigenvalue weighted by atomic mass is 9.98. The van der Waals surface area contributed by atoms with Gasteiger partial charge in [-0.05, 0) is 55.5 Å². The standard InChI is InChI=1S/C26H20ClN3O5S/c1-3-35-15-8-10-18-20(13-15)36-26(29-18)30-22(19-6-4-5-11-28-19)21(24(32)25(30)33)23(31)16-12-14(34-2)7-9-17(16)27/h4-13,22,31H,3H2,1-2H3/b23-21+. The number of nitrogens with zero attached hydrogens (tertiary/aromatic N) is 3. The average molecular weight is 522 g/mol. The zero-order valence-corrected chi connectivity index (χ0v) is 20.8. The maximum absolute atomic E-state index is 13.4. The van der Waals surface area contributed by atoms with E-state index in [-0.39, 0.29) is 16.2 Å². The van der Waals surface area contributed by atoms with E-state index in [2.05, 4.69) is 9.97 Å². The molecule has 8 nitrogen and oxygen atoms in total. The molecular weight excluding hydrogens is 502 g/mol. The molecule has 36 heavy (non-hydrogen) atoms. The Kier molecular flexibility index (Phi) is 6.34. The second-order valence-corrected chi connectivity index (χ2v) is 9.24. The van der Waals surface area contributed by atoms with E-state index in [1.807, 2.05) is 13.0 Å². The van der Waals surface area contributed by atoms with Gasteiger partial charge >= 0.3 is 5.91 Å². The van der Waals surface area contributed by atoms with E-state index in [9.17, 15) is 14.7 Å². The summed E-state index contributed by atoms with van der Waals surface area (Å²) < 4.78 is 11.6. The number of pyridine rings is 1. The first-order valence-corrected chi connectivity index (χ1v) is 12.2. The van der Waals surface area contributed by atoms with Crippen molar-refractivity contribution < 1.29 is 24.2 Å². The summed E-state index contributed by atoms with van der Waals surface area (Å²) in [5, 5.41) is 11.8. The van der Waals surface area contributed by atoms with Gasteiger partial charge in [0.25, 0.3) is 5.78 Å². The van der Waals surface area contributed by atoms with Gasteiger partial charge in [0.1, 0.15) is 23.3 Å². The van der Waals surface area contributed by atoms with Gasteiger partial charge in [0.05, 0.1) is 40.2 Å². The minimum Gasteiger partial charge on any atom is -0.507 e. The Bertz CT molecular complexity index is 1520. The summed E-state index contributed by atoms with van der Waals surface area (Å²) >= 11 is 7.60. The van der Waals surface area contributed by atoms with Gasteiger partial charge in [-0.25, -0.2) is 4.98 Å². The summed E-state index contributed by atoms with van der Waals surface area (Å²) in [7, 11) is 1.48. The third kappa shape index (κ3) is 4.06. The Morgan fingerprint density at radius 3 is 2.67 bits per heavy atom. The number of carbonyl (C=O) groups excluding carboxylic acids is 2. The van der Waals surface area contributed by atoms with E-state index in [1.165, 1.54) is 29.4 Å². The summed E-state index contributed by atoms with van der Waals surface area (Å²) in [6.45, 7) is 2.40. The number of thiazole rings is 1. The van der Waals surface area contributed by atoms with Crippen LogP contribution in [0, 0.1) is 0 Å². The number of ketones is 1. The number of aliphatic hydroxyl groups excluding tert-OH is 1.